The van der Waals surface area contributed by atoms with Gasteiger partial charge in [0.2, 0.25) is 5.91 Å². The van der Waals surface area contributed by atoms with E-state index in [4.69, 9.17) is 9.47 Å². The molecule has 0 unspecified atom stereocenters. The van der Waals surface area contributed by atoms with Crippen molar-refractivity contribution in [3.8, 4) is 17.6 Å². The van der Waals surface area contributed by atoms with Gasteiger partial charge in [-0.2, -0.15) is 5.26 Å². The maximum Gasteiger partial charge on any atom is 0.235 e. The highest BCUT2D eigenvalue weighted by molar-refractivity contribution is 7.99. The molecule has 0 spiro atoms. The van der Waals surface area contributed by atoms with Crippen LogP contribution in [0.5, 0.6) is 11.5 Å². The molecule has 0 radical (unpaired) electrons. The van der Waals surface area contributed by atoms with E-state index < -0.39 is 0 Å². The second-order valence-corrected chi connectivity index (χ2v) is 11.9. The molecule has 1 aromatic carbocycles. The van der Waals surface area contributed by atoms with Gasteiger partial charge in [0.15, 0.2) is 11.0 Å². The van der Waals surface area contributed by atoms with Crippen LogP contribution in [0.15, 0.2) is 29.4 Å². The van der Waals surface area contributed by atoms with Crippen LogP contribution < -0.4 is 14.8 Å². The Morgan fingerprint density at radius 3 is 2.67 bits per heavy atom. The summed E-state index contributed by atoms with van der Waals surface area (Å²) in [4.78, 5) is 14.0. The Bertz CT molecular complexity index is 1270. The Morgan fingerprint density at radius 2 is 2.00 bits per heavy atom. The third-order valence-electron chi connectivity index (χ3n) is 6.54. The number of aromatic nitrogens is 3. The van der Waals surface area contributed by atoms with Crippen molar-refractivity contribution in [1.82, 2.24) is 14.8 Å². The summed E-state index contributed by atoms with van der Waals surface area (Å²) in [5, 5.41) is 22.4. The number of carbonyl (C=O) groups excluding carboxylic acids is 1. The summed E-state index contributed by atoms with van der Waals surface area (Å²) in [5.74, 6) is 2.70. The van der Waals surface area contributed by atoms with Crippen LogP contribution in [-0.4, -0.2) is 33.5 Å². The second-order valence-electron chi connectivity index (χ2n) is 9.88. The Morgan fingerprint density at radius 1 is 1.28 bits per heavy atom. The van der Waals surface area contributed by atoms with Crippen molar-refractivity contribution in [1.29, 1.82) is 5.26 Å². The van der Waals surface area contributed by atoms with Gasteiger partial charge in [-0.15, -0.1) is 21.5 Å². The number of thiophene rings is 1. The van der Waals surface area contributed by atoms with Crippen LogP contribution in [-0.2, 0) is 31.3 Å². The van der Waals surface area contributed by atoms with Crippen molar-refractivity contribution < 1.29 is 14.3 Å². The van der Waals surface area contributed by atoms with Crippen LogP contribution in [0.25, 0.3) is 0 Å². The highest BCUT2D eigenvalue weighted by atomic mass is 32.2. The minimum atomic E-state index is -0.165. The highest BCUT2D eigenvalue weighted by Gasteiger charge is 2.32. The summed E-state index contributed by atoms with van der Waals surface area (Å²) >= 11 is 2.85. The molecule has 36 heavy (non-hydrogen) atoms. The first kappa shape index (κ1) is 26.0. The zero-order chi connectivity index (χ0) is 25.9. The molecule has 0 saturated carbocycles. The maximum absolute atomic E-state index is 12.7. The molecule has 1 amide bonds. The molecule has 3 aromatic rings. The fourth-order valence-electron chi connectivity index (χ4n) is 4.24. The lowest BCUT2D eigenvalue weighted by atomic mass is 9.72. The molecule has 0 aliphatic heterocycles. The molecule has 1 atom stereocenters. The van der Waals surface area contributed by atoms with E-state index in [1.54, 1.807) is 18.4 Å². The lowest BCUT2D eigenvalue weighted by Gasteiger charge is -2.33. The second kappa shape index (κ2) is 10.9. The predicted octanol–water partition coefficient (Wildman–Crippen LogP) is 5.22. The largest absolute Gasteiger partial charge is 0.497 e. The average Bonchev–Trinajstić information content (AvgIpc) is 3.39. The molecule has 0 fully saturated rings. The van der Waals surface area contributed by atoms with Gasteiger partial charge in [-0.3, -0.25) is 4.79 Å². The number of ether oxygens (including phenoxy) is 2. The van der Waals surface area contributed by atoms with E-state index in [1.165, 1.54) is 16.6 Å². The summed E-state index contributed by atoms with van der Waals surface area (Å²) in [5.41, 5.74) is 1.96. The van der Waals surface area contributed by atoms with Crippen molar-refractivity contribution in [3.05, 3.63) is 46.1 Å². The SMILES string of the molecule is COc1ccc(OCc2nnc(SCC(=O)Nc3sc4c(c3C#N)CC[C@H](C(C)(C)C)C4)n2C)cc1. The number of hydrogen-bond donors (Lipinski definition) is 1. The third-order valence-corrected chi connectivity index (χ3v) is 8.73. The van der Waals surface area contributed by atoms with E-state index in [-0.39, 0.29) is 23.7 Å². The van der Waals surface area contributed by atoms with Crippen LogP contribution >= 0.6 is 23.1 Å². The van der Waals surface area contributed by atoms with Gasteiger partial charge >= 0.3 is 0 Å². The fraction of sp³-hybridized carbons (Fsp3) is 0.462. The minimum Gasteiger partial charge on any atom is -0.497 e. The molecule has 10 heteroatoms. The third kappa shape index (κ3) is 5.85. The first-order valence-corrected chi connectivity index (χ1v) is 13.6. The molecule has 1 N–H and O–H groups in total. The summed E-state index contributed by atoms with van der Waals surface area (Å²) in [7, 11) is 3.47. The summed E-state index contributed by atoms with van der Waals surface area (Å²) < 4.78 is 12.8. The maximum atomic E-state index is 12.7. The first-order chi connectivity index (χ1) is 17.2. The molecule has 1 aliphatic rings. The number of nitrogens with zero attached hydrogens (tertiary/aromatic N) is 4. The van der Waals surface area contributed by atoms with Crippen molar-refractivity contribution in [2.75, 3.05) is 18.2 Å². The van der Waals surface area contributed by atoms with Gasteiger partial charge in [-0.25, -0.2) is 0 Å². The Hall–Kier alpha value is -3.03. The van der Waals surface area contributed by atoms with Crippen LogP contribution in [0.3, 0.4) is 0 Å². The normalized spacial score (nSPS) is 15.2. The molecule has 2 heterocycles. The average molecular weight is 526 g/mol. The number of hydrogen-bond acceptors (Lipinski definition) is 8. The zero-order valence-corrected chi connectivity index (χ0v) is 22.9. The molecule has 8 nitrogen and oxygen atoms in total. The van der Waals surface area contributed by atoms with Crippen molar-refractivity contribution in [3.63, 3.8) is 0 Å². The molecule has 190 valence electrons. The minimum absolute atomic E-state index is 0.165. The monoisotopic (exact) mass is 525 g/mol. The van der Waals surface area contributed by atoms with Crippen LogP contribution in [0.1, 0.15) is 49.0 Å². The summed E-state index contributed by atoms with van der Waals surface area (Å²) in [6, 6.07) is 9.64. The first-order valence-electron chi connectivity index (χ1n) is 11.8. The van der Waals surface area contributed by atoms with E-state index in [0.717, 1.165) is 30.6 Å². The van der Waals surface area contributed by atoms with E-state index in [2.05, 4.69) is 42.4 Å². The smallest absolute Gasteiger partial charge is 0.235 e. The summed E-state index contributed by atoms with van der Waals surface area (Å²) in [6.07, 6.45) is 2.92. The Balaban J connectivity index is 1.34. The number of rotatable bonds is 8. The van der Waals surface area contributed by atoms with Gasteiger partial charge in [-0.1, -0.05) is 32.5 Å². The van der Waals surface area contributed by atoms with Gasteiger partial charge < -0.3 is 19.4 Å². The molecule has 4 rings (SSSR count). The lowest BCUT2D eigenvalue weighted by Crippen LogP contribution is -2.26. The van der Waals surface area contributed by atoms with Gasteiger partial charge in [0.05, 0.1) is 18.4 Å². The fourth-order valence-corrected chi connectivity index (χ4v) is 6.26. The highest BCUT2D eigenvalue weighted by Crippen LogP contribution is 2.44. The van der Waals surface area contributed by atoms with Gasteiger partial charge in [0.25, 0.3) is 0 Å². The van der Waals surface area contributed by atoms with Gasteiger partial charge in [0.1, 0.15) is 29.2 Å². The molecular weight excluding hydrogens is 494 g/mol. The molecule has 1 aliphatic carbocycles. The van der Waals surface area contributed by atoms with E-state index in [1.807, 2.05) is 35.9 Å². The number of benzene rings is 1. The Labute approximate surface area is 220 Å². The van der Waals surface area contributed by atoms with Crippen molar-refractivity contribution in [2.24, 2.45) is 18.4 Å². The number of nitrogens with one attached hydrogen (secondary N) is 1. The van der Waals surface area contributed by atoms with Gasteiger partial charge in [0, 0.05) is 11.9 Å². The topological polar surface area (TPSA) is 102 Å². The summed E-state index contributed by atoms with van der Waals surface area (Å²) in [6.45, 7) is 7.06. The number of fused-ring (bicyclic) bond motifs is 1. The van der Waals surface area contributed by atoms with Crippen molar-refractivity contribution >= 4 is 34.0 Å². The molecular formula is C26H31N5O3S2. The van der Waals surface area contributed by atoms with Gasteiger partial charge in [-0.05, 0) is 60.4 Å². The lowest BCUT2D eigenvalue weighted by molar-refractivity contribution is -0.113. The molecule has 2 aromatic heterocycles. The standard InChI is InChI=1S/C26H31N5O3S2/c1-26(2,3)16-6-11-19-20(13-27)24(36-21(19)12-16)28-23(32)15-35-25-30-29-22(31(25)4)14-34-18-9-7-17(33-5)8-10-18/h7-10,16H,6,11-12,14-15H2,1-5H3,(H,28,32)/t16-/m0/s1. The zero-order valence-electron chi connectivity index (χ0n) is 21.3. The predicted molar refractivity (Wildman–Crippen MR) is 142 cm³/mol. The van der Waals surface area contributed by atoms with Crippen LogP contribution in [0.2, 0.25) is 0 Å². The quantitative estimate of drug-likeness (QED) is 0.402. The molecule has 0 saturated heterocycles. The number of carbonyl (C=O) groups is 1. The number of methoxy groups -OCH3 is 1. The van der Waals surface area contributed by atoms with Crippen LogP contribution in [0.4, 0.5) is 5.00 Å². The van der Waals surface area contributed by atoms with Crippen LogP contribution in [0, 0.1) is 22.7 Å². The van der Waals surface area contributed by atoms with E-state index in [0.29, 0.717) is 33.2 Å². The number of thioether (sulfide) groups is 1. The molecule has 0 bridgehead atoms. The number of amides is 1. The number of nitriles is 1. The van der Waals surface area contributed by atoms with Crippen molar-refractivity contribution in [2.45, 2.75) is 51.8 Å². The number of anilines is 1. The van der Waals surface area contributed by atoms with E-state index in [9.17, 15) is 10.1 Å². The Kier molecular flexibility index (Phi) is 7.91. The van der Waals surface area contributed by atoms with E-state index >= 15 is 0 Å².